The Morgan fingerprint density at radius 2 is 1.53 bits per heavy atom. The number of hydrogen-bond acceptors (Lipinski definition) is 2. The molecule has 90 valence electrons. The maximum atomic E-state index is 11.9. The highest BCUT2D eigenvalue weighted by molar-refractivity contribution is 5.88. The topological polar surface area (TPSA) is 43.1 Å². The molecule has 0 saturated heterocycles. The lowest BCUT2D eigenvalue weighted by molar-refractivity contribution is -0.130. The largest absolute Gasteiger partial charge is 0.322 e. The summed E-state index contributed by atoms with van der Waals surface area (Å²) in [6.07, 6.45) is 0.887. The molecule has 0 fully saturated rings. The highest BCUT2D eigenvalue weighted by Gasteiger charge is 2.37. The molecule has 0 aliphatic heterocycles. The van der Waals surface area contributed by atoms with Crippen molar-refractivity contribution in [2.24, 2.45) is 22.5 Å². The van der Waals surface area contributed by atoms with Crippen molar-refractivity contribution < 1.29 is 4.79 Å². The first-order valence-corrected chi connectivity index (χ1v) is 5.80. The second-order valence-electron chi connectivity index (χ2n) is 6.36. The average Bonchev–Trinajstić information content (AvgIpc) is 2.00. The van der Waals surface area contributed by atoms with Gasteiger partial charge in [0.1, 0.15) is 0 Å². The first-order chi connectivity index (χ1) is 6.50. The maximum Gasteiger partial charge on any atom is 0.154 e. The third kappa shape index (κ3) is 3.94. The van der Waals surface area contributed by atoms with Crippen LogP contribution >= 0.6 is 0 Å². The minimum absolute atomic E-state index is 0.163. The molecule has 0 aromatic heterocycles. The van der Waals surface area contributed by atoms with E-state index in [0.29, 0.717) is 5.92 Å². The van der Waals surface area contributed by atoms with Crippen molar-refractivity contribution in [3.63, 3.8) is 0 Å². The van der Waals surface area contributed by atoms with Gasteiger partial charge in [0.15, 0.2) is 5.78 Å². The Hall–Kier alpha value is -0.370. The highest BCUT2D eigenvalue weighted by atomic mass is 16.1. The summed E-state index contributed by atoms with van der Waals surface area (Å²) >= 11 is 0. The van der Waals surface area contributed by atoms with Crippen molar-refractivity contribution in [2.75, 3.05) is 0 Å². The predicted molar refractivity (Wildman–Crippen MR) is 65.7 cm³/mol. The van der Waals surface area contributed by atoms with E-state index in [1.807, 2.05) is 13.8 Å². The van der Waals surface area contributed by atoms with E-state index in [1.165, 1.54) is 0 Å². The van der Waals surface area contributed by atoms with Crippen LogP contribution in [-0.2, 0) is 4.79 Å². The quantitative estimate of drug-likeness (QED) is 0.763. The SMILES string of the molecule is CC(N)C(=O)C(C)(C)CC(C)(C)C(C)C. The summed E-state index contributed by atoms with van der Waals surface area (Å²) in [5.41, 5.74) is 5.52. The summed E-state index contributed by atoms with van der Waals surface area (Å²) in [4.78, 5) is 11.9. The minimum Gasteiger partial charge on any atom is -0.322 e. The lowest BCUT2D eigenvalue weighted by atomic mass is 9.67. The number of ketones is 1. The van der Waals surface area contributed by atoms with E-state index in [2.05, 4.69) is 27.7 Å². The van der Waals surface area contributed by atoms with Crippen molar-refractivity contribution in [1.82, 2.24) is 0 Å². The van der Waals surface area contributed by atoms with Gasteiger partial charge in [-0.1, -0.05) is 41.5 Å². The molecule has 0 spiro atoms. The molecule has 2 nitrogen and oxygen atoms in total. The Labute approximate surface area is 94.6 Å². The van der Waals surface area contributed by atoms with Gasteiger partial charge in [0, 0.05) is 5.41 Å². The second kappa shape index (κ2) is 4.65. The van der Waals surface area contributed by atoms with Crippen molar-refractivity contribution in [3.05, 3.63) is 0 Å². The lowest BCUT2D eigenvalue weighted by Gasteiger charge is -2.37. The van der Waals surface area contributed by atoms with E-state index in [-0.39, 0.29) is 22.7 Å². The zero-order chi connectivity index (χ0) is 12.4. The molecule has 0 rings (SSSR count). The fraction of sp³-hybridized carbons (Fsp3) is 0.923. The van der Waals surface area contributed by atoms with Gasteiger partial charge in [0.2, 0.25) is 0 Å². The van der Waals surface area contributed by atoms with Crippen LogP contribution in [0.3, 0.4) is 0 Å². The van der Waals surface area contributed by atoms with Gasteiger partial charge in [0.25, 0.3) is 0 Å². The van der Waals surface area contributed by atoms with Gasteiger partial charge in [-0.3, -0.25) is 4.79 Å². The van der Waals surface area contributed by atoms with Crippen molar-refractivity contribution in [3.8, 4) is 0 Å². The molecule has 0 heterocycles. The number of carbonyl (C=O) groups excluding carboxylic acids is 1. The number of Topliss-reactive ketones (excluding diaryl/α,β-unsaturated/α-hetero) is 1. The molecule has 0 aromatic rings. The third-order valence-electron chi connectivity index (χ3n) is 3.54. The van der Waals surface area contributed by atoms with Crippen LogP contribution in [0, 0.1) is 16.7 Å². The average molecular weight is 213 g/mol. The fourth-order valence-corrected chi connectivity index (χ4v) is 2.05. The molecule has 0 aromatic carbocycles. The molecule has 0 aliphatic carbocycles. The predicted octanol–water partition coefficient (Wildman–Crippen LogP) is 3.00. The second-order valence-corrected chi connectivity index (χ2v) is 6.36. The molecule has 2 N–H and O–H groups in total. The smallest absolute Gasteiger partial charge is 0.154 e. The van der Waals surface area contributed by atoms with Gasteiger partial charge < -0.3 is 5.73 Å². The van der Waals surface area contributed by atoms with Crippen molar-refractivity contribution in [1.29, 1.82) is 0 Å². The van der Waals surface area contributed by atoms with Crippen molar-refractivity contribution >= 4 is 5.78 Å². The first-order valence-electron chi connectivity index (χ1n) is 5.80. The van der Waals surface area contributed by atoms with E-state index < -0.39 is 0 Å². The Bertz CT molecular complexity index is 227. The van der Waals surface area contributed by atoms with E-state index in [4.69, 9.17) is 5.73 Å². The van der Waals surface area contributed by atoms with Crippen LogP contribution in [0.15, 0.2) is 0 Å². The van der Waals surface area contributed by atoms with Crippen LogP contribution < -0.4 is 5.73 Å². The maximum absolute atomic E-state index is 11.9. The summed E-state index contributed by atoms with van der Waals surface area (Å²) in [6, 6.07) is -0.358. The summed E-state index contributed by atoms with van der Waals surface area (Å²) in [5.74, 6) is 0.730. The van der Waals surface area contributed by atoms with E-state index in [0.717, 1.165) is 6.42 Å². The van der Waals surface area contributed by atoms with Gasteiger partial charge in [0.05, 0.1) is 6.04 Å². The van der Waals surface area contributed by atoms with E-state index in [9.17, 15) is 4.79 Å². The fourth-order valence-electron chi connectivity index (χ4n) is 2.05. The summed E-state index contributed by atoms with van der Waals surface area (Å²) < 4.78 is 0. The van der Waals surface area contributed by atoms with Crippen LogP contribution in [0.5, 0.6) is 0 Å². The van der Waals surface area contributed by atoms with Gasteiger partial charge in [-0.2, -0.15) is 0 Å². The summed E-state index contributed by atoms with van der Waals surface area (Å²) in [5, 5.41) is 0. The zero-order valence-electron chi connectivity index (χ0n) is 11.3. The molecule has 1 unspecified atom stereocenters. The normalized spacial score (nSPS) is 15.5. The molecule has 0 amide bonds. The van der Waals surface area contributed by atoms with Crippen LogP contribution in [0.4, 0.5) is 0 Å². The Morgan fingerprint density at radius 1 is 1.13 bits per heavy atom. The molecule has 0 bridgehead atoms. The molecule has 2 heteroatoms. The Morgan fingerprint density at radius 3 is 1.80 bits per heavy atom. The van der Waals surface area contributed by atoms with Crippen molar-refractivity contribution in [2.45, 2.75) is 60.9 Å². The molecule has 0 saturated carbocycles. The van der Waals surface area contributed by atoms with Crippen LogP contribution in [0.25, 0.3) is 0 Å². The highest BCUT2D eigenvalue weighted by Crippen LogP contribution is 2.39. The number of nitrogens with two attached hydrogens (primary N) is 1. The van der Waals surface area contributed by atoms with E-state index in [1.54, 1.807) is 6.92 Å². The minimum atomic E-state index is -0.358. The molecule has 1 atom stereocenters. The van der Waals surface area contributed by atoms with E-state index >= 15 is 0 Å². The van der Waals surface area contributed by atoms with Crippen LogP contribution in [0.2, 0.25) is 0 Å². The number of carbonyl (C=O) groups is 1. The third-order valence-corrected chi connectivity index (χ3v) is 3.54. The van der Waals surface area contributed by atoms with Crippen LogP contribution in [-0.4, -0.2) is 11.8 Å². The van der Waals surface area contributed by atoms with Gasteiger partial charge in [-0.25, -0.2) is 0 Å². The zero-order valence-corrected chi connectivity index (χ0v) is 11.3. The molecule has 0 radical (unpaired) electrons. The molecule has 15 heavy (non-hydrogen) atoms. The van der Waals surface area contributed by atoms with Gasteiger partial charge >= 0.3 is 0 Å². The van der Waals surface area contributed by atoms with Gasteiger partial charge in [-0.05, 0) is 24.7 Å². The Balaban J connectivity index is 4.71. The molecule has 0 aliphatic rings. The molecular weight excluding hydrogens is 186 g/mol. The lowest BCUT2D eigenvalue weighted by Crippen LogP contribution is -2.41. The first kappa shape index (κ1) is 14.6. The monoisotopic (exact) mass is 213 g/mol. The number of hydrogen-bond donors (Lipinski definition) is 1. The number of rotatable bonds is 5. The molecular formula is C13H27NO. The standard InChI is InChI=1S/C13H27NO/c1-9(2)12(4,5)8-13(6,7)11(15)10(3)14/h9-10H,8,14H2,1-7H3. The van der Waals surface area contributed by atoms with Crippen LogP contribution in [0.1, 0.15) is 54.9 Å². The van der Waals surface area contributed by atoms with Gasteiger partial charge in [-0.15, -0.1) is 0 Å². The summed E-state index contributed by atoms with van der Waals surface area (Å²) in [6.45, 7) is 14.6. The summed E-state index contributed by atoms with van der Waals surface area (Å²) in [7, 11) is 0. The Kier molecular flexibility index (Phi) is 4.53.